The summed E-state index contributed by atoms with van der Waals surface area (Å²) in [5.74, 6) is 0. The van der Waals surface area contributed by atoms with Crippen molar-refractivity contribution in [3.8, 4) is 12.4 Å². The van der Waals surface area contributed by atoms with Crippen molar-refractivity contribution in [3.63, 3.8) is 0 Å². The zero-order valence-electron chi connectivity index (χ0n) is 10.1. The molecule has 0 aromatic rings. The minimum absolute atomic E-state index is 0.843. The smallest absolute Gasteiger partial charge is 0.190 e. The molecule has 0 atom stereocenters. The van der Waals surface area contributed by atoms with Crippen molar-refractivity contribution in [1.29, 1.82) is 10.5 Å². The van der Waals surface area contributed by atoms with E-state index in [2.05, 4.69) is 20.5 Å². The number of methoxy groups -OCH3 is 1. The zero-order valence-corrected chi connectivity index (χ0v) is 11.1. The second kappa shape index (κ2) is 11.2. The van der Waals surface area contributed by atoms with Crippen LogP contribution in [0.25, 0.3) is 0 Å². The van der Waals surface area contributed by atoms with Gasteiger partial charge in [0.25, 0.3) is 0 Å². The van der Waals surface area contributed by atoms with Crippen LogP contribution in [0.4, 0.5) is 0 Å². The van der Waals surface area contributed by atoms with E-state index in [-0.39, 0.29) is 0 Å². The van der Waals surface area contributed by atoms with Crippen molar-refractivity contribution in [2.45, 2.75) is 13.8 Å². The largest absolute Gasteiger partial charge is 0.229 e. The van der Waals surface area contributed by atoms with Gasteiger partial charge in [-0.05, 0) is 0 Å². The molecule has 0 aromatic heterocycles. The summed E-state index contributed by atoms with van der Waals surface area (Å²) in [7, 11) is 0.948. The molecule has 0 radical (unpaired) electrons. The van der Waals surface area contributed by atoms with E-state index in [0.717, 1.165) is 6.61 Å². The second-order valence-electron chi connectivity index (χ2n) is 3.61. The third kappa shape index (κ3) is 11.1. The molecule has 0 heterocycles. The van der Waals surface area contributed by atoms with E-state index in [1.807, 2.05) is 0 Å². The fraction of sp³-hybridized carbons (Fsp3) is 0.800. The molecule has 5 heteroatoms. The van der Waals surface area contributed by atoms with Crippen molar-refractivity contribution in [2.75, 3.05) is 38.9 Å². The predicted molar refractivity (Wildman–Crippen MR) is 66.4 cm³/mol. The zero-order chi connectivity index (χ0) is 12.2. The number of ether oxygens (including phenoxy) is 1. The van der Waals surface area contributed by atoms with Gasteiger partial charge >= 0.3 is 64.7 Å². The number of nitriles is 2. The van der Waals surface area contributed by atoms with Gasteiger partial charge in [0.05, 0.1) is 0 Å². The molecule has 1 N–H and O–H groups in total. The molecule has 0 aliphatic carbocycles. The summed E-state index contributed by atoms with van der Waals surface area (Å²) in [4.78, 5) is 0. The Hall–Kier alpha value is -0.830. The monoisotopic (exact) mass is 231 g/mol. The average molecular weight is 231 g/mol. The number of nitrogens with one attached hydrogen (secondary N) is 1. The maximum Gasteiger partial charge on any atom is 0.190 e. The normalized spacial score (nSPS) is 10.3. The summed E-state index contributed by atoms with van der Waals surface area (Å²) in [5, 5.41) is 16.7. The molecule has 0 unspecified atom stereocenters. The number of rotatable bonds is 5. The van der Waals surface area contributed by atoms with Gasteiger partial charge in [-0.3, -0.25) is 0 Å². The Balaban J connectivity index is 0. The van der Waals surface area contributed by atoms with Gasteiger partial charge in [-0.25, -0.2) is 5.32 Å². The summed E-state index contributed by atoms with van der Waals surface area (Å²) >= 11 is 0. The Morgan fingerprint density at radius 1 is 1.20 bits per heavy atom. The van der Waals surface area contributed by atoms with Crippen LogP contribution in [-0.4, -0.2) is 38.9 Å². The molecule has 0 saturated carbocycles. The Kier molecular flexibility index (Phi) is 12.4. The van der Waals surface area contributed by atoms with Crippen LogP contribution in [0.3, 0.4) is 0 Å². The summed E-state index contributed by atoms with van der Waals surface area (Å²) in [5.41, 5.74) is 0. The van der Waals surface area contributed by atoms with Crippen LogP contribution in [0.1, 0.15) is 13.8 Å². The predicted octanol–water partition coefficient (Wildman–Crippen LogP) is 1.59. The van der Waals surface area contributed by atoms with Crippen LogP contribution in [0.15, 0.2) is 0 Å². The van der Waals surface area contributed by atoms with Gasteiger partial charge < -0.3 is 0 Å². The summed E-state index contributed by atoms with van der Waals surface area (Å²) in [6, 6.07) is 0. The van der Waals surface area contributed by atoms with Gasteiger partial charge in [0.2, 0.25) is 0 Å². The maximum atomic E-state index is 7.48. The molecule has 4 nitrogen and oxygen atoms in total. The van der Waals surface area contributed by atoms with Gasteiger partial charge in [0, 0.05) is 0 Å². The molecular formula is C10H22N3OP. The number of nitrogens with zero attached hydrogens (tertiary/aromatic N) is 2. The van der Waals surface area contributed by atoms with Gasteiger partial charge in [0.1, 0.15) is 0 Å². The fourth-order valence-electron chi connectivity index (χ4n) is 0.977. The maximum absolute atomic E-state index is 7.48. The van der Waals surface area contributed by atoms with E-state index in [4.69, 9.17) is 15.3 Å². The summed E-state index contributed by atoms with van der Waals surface area (Å²) < 4.78 is 5.08. The standard InChI is InChI=1S/C8H21OP.C2HN3/c1-5-10(4,6-2)8-7-9-3;3-1-5-2-4/h10H,5-8H2,1-4H3;5H. The van der Waals surface area contributed by atoms with Gasteiger partial charge in [-0.1, -0.05) is 0 Å². The van der Waals surface area contributed by atoms with Gasteiger partial charge in [-0.15, -0.1) is 0 Å². The molecule has 15 heavy (non-hydrogen) atoms. The summed E-state index contributed by atoms with van der Waals surface area (Å²) in [6.45, 7) is 8.05. The average Bonchev–Trinajstić information content (AvgIpc) is 2.28. The van der Waals surface area contributed by atoms with Gasteiger partial charge in [-0.2, -0.15) is 10.5 Å². The topological polar surface area (TPSA) is 68.8 Å². The Bertz CT molecular complexity index is 204. The van der Waals surface area contributed by atoms with Crippen LogP contribution >= 0.6 is 7.26 Å². The first-order chi connectivity index (χ1) is 7.10. The molecule has 0 aliphatic rings. The van der Waals surface area contributed by atoms with E-state index in [1.165, 1.54) is 30.9 Å². The first-order valence-corrected chi connectivity index (χ1v) is 8.24. The fourth-order valence-corrected chi connectivity index (χ4v) is 2.88. The Labute approximate surface area is 93.6 Å². The van der Waals surface area contributed by atoms with Crippen LogP contribution in [0, 0.1) is 22.9 Å². The van der Waals surface area contributed by atoms with E-state index in [1.54, 1.807) is 12.4 Å². The molecule has 88 valence electrons. The van der Waals surface area contributed by atoms with Crippen molar-refractivity contribution >= 4 is 7.26 Å². The summed E-state index contributed by atoms with van der Waals surface area (Å²) in [6.07, 6.45) is 6.93. The van der Waals surface area contributed by atoms with Gasteiger partial charge in [0.15, 0.2) is 12.4 Å². The molecule has 0 spiro atoms. The number of hydrogen-bond donors (Lipinski definition) is 1. The van der Waals surface area contributed by atoms with Crippen LogP contribution < -0.4 is 5.32 Å². The van der Waals surface area contributed by atoms with Crippen molar-refractivity contribution in [3.05, 3.63) is 0 Å². The Morgan fingerprint density at radius 2 is 1.67 bits per heavy atom. The molecule has 0 amide bonds. The van der Waals surface area contributed by atoms with E-state index >= 15 is 0 Å². The molecule has 0 aliphatic heterocycles. The first kappa shape index (κ1) is 16.6. The van der Waals surface area contributed by atoms with Crippen LogP contribution in [0.2, 0.25) is 0 Å². The molecular weight excluding hydrogens is 209 g/mol. The van der Waals surface area contributed by atoms with E-state index < -0.39 is 7.26 Å². The third-order valence-corrected chi connectivity index (χ3v) is 7.55. The van der Waals surface area contributed by atoms with Crippen molar-refractivity contribution in [1.82, 2.24) is 5.32 Å². The molecule has 0 rings (SSSR count). The molecule has 0 bridgehead atoms. The minimum atomic E-state index is -0.843. The number of hydrogen-bond acceptors (Lipinski definition) is 4. The second-order valence-corrected chi connectivity index (χ2v) is 9.14. The van der Waals surface area contributed by atoms with E-state index in [9.17, 15) is 0 Å². The van der Waals surface area contributed by atoms with Crippen LogP contribution in [-0.2, 0) is 4.74 Å². The SMILES string of the molecule is CC[PH](C)(CC)CCOC.N#CNC#N. The quantitative estimate of drug-likeness (QED) is 0.443. The van der Waals surface area contributed by atoms with E-state index in [0.29, 0.717) is 0 Å². The third-order valence-electron chi connectivity index (χ3n) is 2.73. The Morgan fingerprint density at radius 3 is 1.87 bits per heavy atom. The molecule has 0 aromatic carbocycles. The minimum Gasteiger partial charge on any atom is -0.229 e. The molecule has 0 saturated heterocycles. The van der Waals surface area contributed by atoms with Crippen molar-refractivity contribution in [2.24, 2.45) is 0 Å². The van der Waals surface area contributed by atoms with Crippen molar-refractivity contribution < 1.29 is 4.74 Å². The van der Waals surface area contributed by atoms with Crippen LogP contribution in [0.5, 0.6) is 0 Å². The first-order valence-electron chi connectivity index (χ1n) is 5.12. The molecule has 0 fully saturated rings.